The summed E-state index contributed by atoms with van der Waals surface area (Å²) < 4.78 is 0. The van der Waals surface area contributed by atoms with Gasteiger partial charge in [0, 0.05) is 11.8 Å². The van der Waals surface area contributed by atoms with Crippen LogP contribution >= 0.6 is 22.9 Å². The van der Waals surface area contributed by atoms with Crippen molar-refractivity contribution in [1.82, 2.24) is 4.98 Å². The fraction of sp³-hybridized carbons (Fsp3) is 0.308. The third-order valence-electron chi connectivity index (χ3n) is 2.45. The molecular formula is C13H14ClNS. The van der Waals surface area contributed by atoms with E-state index in [-0.39, 0.29) is 0 Å². The van der Waals surface area contributed by atoms with Gasteiger partial charge in [-0.1, -0.05) is 29.8 Å². The van der Waals surface area contributed by atoms with Crippen LogP contribution in [0.5, 0.6) is 0 Å². The van der Waals surface area contributed by atoms with Gasteiger partial charge in [0.25, 0.3) is 0 Å². The molecule has 0 bridgehead atoms. The Bertz CT molecular complexity index is 464. The number of benzene rings is 1. The molecule has 1 heterocycles. The second-order valence-corrected chi connectivity index (χ2v) is 5.07. The van der Waals surface area contributed by atoms with Crippen LogP contribution in [-0.4, -0.2) is 4.98 Å². The molecule has 0 spiro atoms. The molecule has 0 fully saturated rings. The van der Waals surface area contributed by atoms with Crippen LogP contribution in [0.25, 0.3) is 0 Å². The van der Waals surface area contributed by atoms with Crippen molar-refractivity contribution in [3.05, 3.63) is 51.5 Å². The Hall–Kier alpha value is -0.860. The van der Waals surface area contributed by atoms with E-state index in [4.69, 9.17) is 11.6 Å². The van der Waals surface area contributed by atoms with Crippen LogP contribution in [0.15, 0.2) is 29.6 Å². The molecule has 84 valence electrons. The number of halogens is 1. The number of aromatic nitrogens is 1. The lowest BCUT2D eigenvalue weighted by Crippen LogP contribution is -1.91. The summed E-state index contributed by atoms with van der Waals surface area (Å²) in [5.41, 5.74) is 3.69. The van der Waals surface area contributed by atoms with Crippen molar-refractivity contribution in [1.29, 1.82) is 0 Å². The lowest BCUT2D eigenvalue weighted by Gasteiger charge is -2.00. The molecule has 2 aromatic rings. The zero-order valence-electron chi connectivity index (χ0n) is 9.24. The highest BCUT2D eigenvalue weighted by atomic mass is 35.5. The molecule has 0 aliphatic carbocycles. The van der Waals surface area contributed by atoms with E-state index < -0.39 is 0 Å². The topological polar surface area (TPSA) is 12.9 Å². The summed E-state index contributed by atoms with van der Waals surface area (Å²) in [5.74, 6) is 0.515. The average Bonchev–Trinajstić information content (AvgIpc) is 2.74. The van der Waals surface area contributed by atoms with E-state index in [1.807, 2.05) is 5.38 Å². The molecule has 0 amide bonds. The zero-order chi connectivity index (χ0) is 11.4. The van der Waals surface area contributed by atoms with E-state index in [2.05, 4.69) is 36.2 Å². The molecule has 3 heteroatoms. The van der Waals surface area contributed by atoms with Crippen molar-refractivity contribution in [3.63, 3.8) is 0 Å². The Morgan fingerprint density at radius 2 is 2.19 bits per heavy atom. The van der Waals surface area contributed by atoms with E-state index in [1.54, 1.807) is 11.3 Å². The molecule has 0 saturated carbocycles. The van der Waals surface area contributed by atoms with Crippen LogP contribution in [0, 0.1) is 6.92 Å². The molecule has 2 rings (SSSR count). The molecule has 0 N–H and O–H groups in total. The largest absolute Gasteiger partial charge is 0.245 e. The first-order valence-electron chi connectivity index (χ1n) is 5.33. The van der Waals surface area contributed by atoms with Gasteiger partial charge in [-0.2, -0.15) is 0 Å². The standard InChI is InChI=1S/C13H14ClNS/c1-10-3-2-4-11(7-10)5-6-13-15-12(8-14)9-16-13/h2-4,7,9H,5-6,8H2,1H3. The smallest absolute Gasteiger partial charge is 0.0932 e. The molecule has 0 aliphatic heterocycles. The Balaban J connectivity index is 1.96. The van der Waals surface area contributed by atoms with Crippen molar-refractivity contribution in [2.75, 3.05) is 0 Å². The zero-order valence-corrected chi connectivity index (χ0v) is 10.8. The first-order chi connectivity index (χ1) is 7.78. The number of thiazole rings is 1. The van der Waals surface area contributed by atoms with Crippen molar-refractivity contribution in [2.24, 2.45) is 0 Å². The number of rotatable bonds is 4. The fourth-order valence-corrected chi connectivity index (χ4v) is 2.67. The van der Waals surface area contributed by atoms with Gasteiger partial charge in [-0.3, -0.25) is 0 Å². The summed E-state index contributed by atoms with van der Waals surface area (Å²) in [5, 5.41) is 3.22. The minimum atomic E-state index is 0.515. The Labute approximate surface area is 105 Å². The van der Waals surface area contributed by atoms with Crippen LogP contribution in [0.3, 0.4) is 0 Å². The summed E-state index contributed by atoms with van der Waals surface area (Å²) in [4.78, 5) is 4.45. The van der Waals surface area contributed by atoms with Gasteiger partial charge in [0.05, 0.1) is 16.6 Å². The third-order valence-corrected chi connectivity index (χ3v) is 3.68. The van der Waals surface area contributed by atoms with Gasteiger partial charge in [0.15, 0.2) is 0 Å². The van der Waals surface area contributed by atoms with Crippen LogP contribution < -0.4 is 0 Å². The van der Waals surface area contributed by atoms with Crippen molar-refractivity contribution < 1.29 is 0 Å². The molecule has 1 nitrogen and oxygen atoms in total. The quantitative estimate of drug-likeness (QED) is 0.750. The molecular weight excluding hydrogens is 238 g/mol. The number of hydrogen-bond acceptors (Lipinski definition) is 2. The van der Waals surface area contributed by atoms with Gasteiger partial charge in [0.1, 0.15) is 0 Å². The monoisotopic (exact) mass is 251 g/mol. The van der Waals surface area contributed by atoms with E-state index in [0.717, 1.165) is 18.5 Å². The Morgan fingerprint density at radius 1 is 1.31 bits per heavy atom. The highest BCUT2D eigenvalue weighted by molar-refractivity contribution is 7.09. The molecule has 1 aromatic carbocycles. The van der Waals surface area contributed by atoms with Crippen LogP contribution in [0.1, 0.15) is 21.8 Å². The van der Waals surface area contributed by atoms with Gasteiger partial charge in [-0.05, 0) is 18.9 Å². The Morgan fingerprint density at radius 3 is 2.88 bits per heavy atom. The molecule has 0 unspecified atom stereocenters. The van der Waals surface area contributed by atoms with Crippen molar-refractivity contribution in [3.8, 4) is 0 Å². The van der Waals surface area contributed by atoms with E-state index in [9.17, 15) is 0 Å². The summed E-state index contributed by atoms with van der Waals surface area (Å²) in [6, 6.07) is 8.63. The van der Waals surface area contributed by atoms with Gasteiger partial charge in [0.2, 0.25) is 0 Å². The summed E-state index contributed by atoms with van der Waals surface area (Å²) >= 11 is 7.42. The van der Waals surface area contributed by atoms with Crippen LogP contribution in [-0.2, 0) is 18.7 Å². The number of aryl methyl sites for hydroxylation is 3. The molecule has 0 saturated heterocycles. The average molecular weight is 252 g/mol. The predicted molar refractivity (Wildman–Crippen MR) is 70.3 cm³/mol. The molecule has 0 atom stereocenters. The maximum Gasteiger partial charge on any atom is 0.0932 e. The van der Waals surface area contributed by atoms with Crippen molar-refractivity contribution in [2.45, 2.75) is 25.6 Å². The normalized spacial score (nSPS) is 10.6. The van der Waals surface area contributed by atoms with Crippen LogP contribution in [0.2, 0.25) is 0 Å². The van der Waals surface area contributed by atoms with Gasteiger partial charge < -0.3 is 0 Å². The number of alkyl halides is 1. The lowest BCUT2D eigenvalue weighted by molar-refractivity contribution is 0.933. The molecule has 0 aliphatic rings. The number of nitrogens with zero attached hydrogens (tertiary/aromatic N) is 1. The summed E-state index contributed by atoms with van der Waals surface area (Å²) in [6.45, 7) is 2.12. The highest BCUT2D eigenvalue weighted by Gasteiger charge is 2.01. The summed E-state index contributed by atoms with van der Waals surface area (Å²) in [6.07, 6.45) is 2.06. The van der Waals surface area contributed by atoms with E-state index in [1.165, 1.54) is 16.1 Å². The van der Waals surface area contributed by atoms with E-state index in [0.29, 0.717) is 5.88 Å². The first kappa shape index (κ1) is 11.6. The maximum atomic E-state index is 5.72. The van der Waals surface area contributed by atoms with Crippen molar-refractivity contribution >= 4 is 22.9 Å². The van der Waals surface area contributed by atoms with Gasteiger partial charge in [-0.15, -0.1) is 22.9 Å². The van der Waals surface area contributed by atoms with Crippen LogP contribution in [0.4, 0.5) is 0 Å². The highest BCUT2D eigenvalue weighted by Crippen LogP contribution is 2.14. The first-order valence-corrected chi connectivity index (χ1v) is 6.74. The second kappa shape index (κ2) is 5.46. The third kappa shape index (κ3) is 3.06. The van der Waals surface area contributed by atoms with Gasteiger partial charge in [-0.25, -0.2) is 4.98 Å². The minimum absolute atomic E-state index is 0.515. The fourth-order valence-electron chi connectivity index (χ4n) is 1.64. The SMILES string of the molecule is Cc1cccc(CCc2nc(CCl)cs2)c1. The molecule has 0 radical (unpaired) electrons. The lowest BCUT2D eigenvalue weighted by atomic mass is 10.1. The number of hydrogen-bond donors (Lipinski definition) is 0. The minimum Gasteiger partial charge on any atom is -0.245 e. The Kier molecular flexibility index (Phi) is 3.97. The van der Waals surface area contributed by atoms with E-state index >= 15 is 0 Å². The second-order valence-electron chi connectivity index (χ2n) is 3.86. The maximum absolute atomic E-state index is 5.72. The molecule has 16 heavy (non-hydrogen) atoms. The van der Waals surface area contributed by atoms with Gasteiger partial charge >= 0.3 is 0 Å². The predicted octanol–water partition coefficient (Wildman–Crippen LogP) is 3.98. The molecule has 1 aromatic heterocycles. The summed E-state index contributed by atoms with van der Waals surface area (Å²) in [7, 11) is 0.